The van der Waals surface area contributed by atoms with Crippen molar-refractivity contribution in [3.8, 4) is 0 Å². The van der Waals surface area contributed by atoms with Gasteiger partial charge in [-0.2, -0.15) is 0 Å². The van der Waals surface area contributed by atoms with Crippen molar-refractivity contribution in [2.24, 2.45) is 5.73 Å². The lowest BCUT2D eigenvalue weighted by Crippen LogP contribution is -2.35. The van der Waals surface area contributed by atoms with Gasteiger partial charge in [0.1, 0.15) is 5.82 Å². The average molecular weight is 271 g/mol. The molecule has 1 aromatic carbocycles. The van der Waals surface area contributed by atoms with Crippen LogP contribution in [0.5, 0.6) is 0 Å². The Morgan fingerprint density at radius 2 is 2.00 bits per heavy atom. The molecule has 0 aliphatic carbocycles. The second-order valence-corrected chi connectivity index (χ2v) is 5.23. The van der Waals surface area contributed by atoms with Gasteiger partial charge in [0, 0.05) is 16.6 Å². The topological polar surface area (TPSA) is 29.3 Å². The highest BCUT2D eigenvalue weighted by Crippen LogP contribution is 2.33. The molecule has 1 unspecified atom stereocenters. The highest BCUT2D eigenvalue weighted by Gasteiger charge is 2.25. The Kier molecular flexibility index (Phi) is 4.98. The number of likely N-dealkylation sites (tertiary alicyclic amines) is 1. The van der Waals surface area contributed by atoms with E-state index < -0.39 is 0 Å². The molecule has 0 bridgehead atoms. The molecule has 100 valence electrons. The van der Waals surface area contributed by atoms with Crippen LogP contribution in [0.4, 0.5) is 4.39 Å². The molecule has 1 aliphatic heterocycles. The molecule has 1 atom stereocenters. The summed E-state index contributed by atoms with van der Waals surface area (Å²) in [7, 11) is 0. The molecule has 0 radical (unpaired) electrons. The molecule has 0 amide bonds. The van der Waals surface area contributed by atoms with Gasteiger partial charge in [-0.3, -0.25) is 4.90 Å². The minimum Gasteiger partial charge on any atom is -0.330 e. The second-order valence-electron chi connectivity index (χ2n) is 4.83. The lowest BCUT2D eigenvalue weighted by Gasteiger charge is -2.35. The summed E-state index contributed by atoms with van der Waals surface area (Å²) < 4.78 is 14.0. The van der Waals surface area contributed by atoms with Crippen LogP contribution in [-0.4, -0.2) is 24.5 Å². The van der Waals surface area contributed by atoms with Crippen molar-refractivity contribution in [1.82, 2.24) is 4.90 Å². The van der Waals surface area contributed by atoms with E-state index in [0.29, 0.717) is 17.1 Å². The molecule has 4 heteroatoms. The summed E-state index contributed by atoms with van der Waals surface area (Å²) >= 11 is 6.17. The highest BCUT2D eigenvalue weighted by molar-refractivity contribution is 6.31. The monoisotopic (exact) mass is 270 g/mol. The number of nitrogens with zero attached hydrogens (tertiary/aromatic N) is 1. The van der Waals surface area contributed by atoms with Crippen LogP contribution in [0.1, 0.15) is 37.3 Å². The molecular weight excluding hydrogens is 251 g/mol. The van der Waals surface area contributed by atoms with E-state index in [2.05, 4.69) is 4.90 Å². The molecule has 1 fully saturated rings. The molecule has 18 heavy (non-hydrogen) atoms. The second kappa shape index (κ2) is 6.50. The molecule has 2 rings (SSSR count). The first-order valence-electron chi connectivity index (χ1n) is 6.62. The Labute approximate surface area is 113 Å². The zero-order valence-electron chi connectivity index (χ0n) is 10.5. The molecule has 1 aromatic rings. The molecule has 2 nitrogen and oxygen atoms in total. The SMILES string of the molecule is NCCC(c1c(F)cccc1Cl)N1CCCCC1. The Bertz CT molecular complexity index is 371. The summed E-state index contributed by atoms with van der Waals surface area (Å²) in [6, 6.07) is 4.91. The van der Waals surface area contributed by atoms with Crippen molar-refractivity contribution < 1.29 is 4.39 Å². The Balaban J connectivity index is 2.28. The summed E-state index contributed by atoms with van der Waals surface area (Å²) in [6.07, 6.45) is 4.36. The van der Waals surface area contributed by atoms with Crippen LogP contribution in [0.15, 0.2) is 18.2 Å². The molecule has 1 aliphatic rings. The number of halogens is 2. The number of hydrogen-bond donors (Lipinski definition) is 1. The first-order valence-corrected chi connectivity index (χ1v) is 7.00. The minimum atomic E-state index is -0.216. The number of nitrogens with two attached hydrogens (primary N) is 1. The van der Waals surface area contributed by atoms with Gasteiger partial charge in [-0.25, -0.2) is 4.39 Å². The van der Waals surface area contributed by atoms with Crippen LogP contribution < -0.4 is 5.73 Å². The smallest absolute Gasteiger partial charge is 0.129 e. The molecule has 2 N–H and O–H groups in total. The van der Waals surface area contributed by atoms with Gasteiger partial charge >= 0.3 is 0 Å². The molecule has 1 saturated heterocycles. The summed E-state index contributed by atoms with van der Waals surface area (Å²) in [4.78, 5) is 2.32. The van der Waals surface area contributed by atoms with Crippen molar-refractivity contribution in [3.63, 3.8) is 0 Å². The lowest BCUT2D eigenvalue weighted by atomic mass is 9.98. The van der Waals surface area contributed by atoms with E-state index in [4.69, 9.17) is 17.3 Å². The van der Waals surface area contributed by atoms with Crippen molar-refractivity contribution in [2.45, 2.75) is 31.7 Å². The van der Waals surface area contributed by atoms with Crippen LogP contribution >= 0.6 is 11.6 Å². The molecule has 0 spiro atoms. The maximum atomic E-state index is 14.0. The fourth-order valence-electron chi connectivity index (χ4n) is 2.73. The van der Waals surface area contributed by atoms with E-state index >= 15 is 0 Å². The quantitative estimate of drug-likeness (QED) is 0.909. The van der Waals surface area contributed by atoms with Gasteiger partial charge in [0.15, 0.2) is 0 Å². The van der Waals surface area contributed by atoms with Gasteiger partial charge in [-0.05, 0) is 51.0 Å². The molecule has 0 aromatic heterocycles. The minimum absolute atomic E-state index is 0.0176. The Morgan fingerprint density at radius 3 is 2.61 bits per heavy atom. The van der Waals surface area contributed by atoms with Crippen molar-refractivity contribution in [3.05, 3.63) is 34.6 Å². The van der Waals surface area contributed by atoms with E-state index in [9.17, 15) is 4.39 Å². The number of hydrogen-bond acceptors (Lipinski definition) is 2. The summed E-state index contributed by atoms with van der Waals surface area (Å²) in [5, 5.41) is 0.513. The zero-order chi connectivity index (χ0) is 13.0. The third-order valence-corrected chi connectivity index (χ3v) is 3.93. The molecule has 1 heterocycles. The van der Waals surface area contributed by atoms with Crippen molar-refractivity contribution in [2.75, 3.05) is 19.6 Å². The van der Waals surface area contributed by atoms with E-state index in [1.54, 1.807) is 12.1 Å². The first-order chi connectivity index (χ1) is 8.74. The van der Waals surface area contributed by atoms with Crippen molar-refractivity contribution in [1.29, 1.82) is 0 Å². The van der Waals surface area contributed by atoms with E-state index in [1.807, 2.05) is 0 Å². The highest BCUT2D eigenvalue weighted by atomic mass is 35.5. The zero-order valence-corrected chi connectivity index (χ0v) is 11.3. The van der Waals surface area contributed by atoms with Crippen LogP contribution in [0, 0.1) is 5.82 Å². The van der Waals surface area contributed by atoms with E-state index in [-0.39, 0.29) is 11.9 Å². The van der Waals surface area contributed by atoms with E-state index in [0.717, 1.165) is 19.5 Å². The fraction of sp³-hybridized carbons (Fsp3) is 0.571. The fourth-order valence-corrected chi connectivity index (χ4v) is 3.02. The summed E-state index contributed by atoms with van der Waals surface area (Å²) in [6.45, 7) is 2.57. The normalized spacial score (nSPS) is 18.8. The average Bonchev–Trinajstić information content (AvgIpc) is 2.38. The number of rotatable bonds is 4. The molecule has 0 saturated carbocycles. The van der Waals surface area contributed by atoms with Crippen LogP contribution in [0.3, 0.4) is 0 Å². The third kappa shape index (κ3) is 3.02. The van der Waals surface area contributed by atoms with Crippen LogP contribution in [0.25, 0.3) is 0 Å². The maximum Gasteiger partial charge on any atom is 0.129 e. The van der Waals surface area contributed by atoms with Gasteiger partial charge in [0.05, 0.1) is 0 Å². The summed E-state index contributed by atoms with van der Waals surface area (Å²) in [5.74, 6) is -0.216. The summed E-state index contributed by atoms with van der Waals surface area (Å²) in [5.41, 5.74) is 6.30. The van der Waals surface area contributed by atoms with Gasteiger partial charge in [-0.15, -0.1) is 0 Å². The largest absolute Gasteiger partial charge is 0.330 e. The first kappa shape index (κ1) is 13.8. The number of benzene rings is 1. The number of piperidine rings is 1. The Hall–Kier alpha value is -0.640. The van der Waals surface area contributed by atoms with Crippen LogP contribution in [0.2, 0.25) is 5.02 Å². The predicted octanol–water partition coefficient (Wildman–Crippen LogP) is 3.35. The lowest BCUT2D eigenvalue weighted by molar-refractivity contribution is 0.154. The van der Waals surface area contributed by atoms with Crippen LogP contribution in [-0.2, 0) is 0 Å². The van der Waals surface area contributed by atoms with Gasteiger partial charge < -0.3 is 5.73 Å². The standard InChI is InChI=1S/C14H20ClFN2/c15-11-5-4-6-12(16)14(11)13(7-8-17)18-9-2-1-3-10-18/h4-6,13H,1-3,7-10,17H2. The predicted molar refractivity (Wildman–Crippen MR) is 73.2 cm³/mol. The van der Waals surface area contributed by atoms with Gasteiger partial charge in [0.25, 0.3) is 0 Å². The molecular formula is C14H20ClFN2. The third-order valence-electron chi connectivity index (χ3n) is 3.60. The van der Waals surface area contributed by atoms with E-state index in [1.165, 1.54) is 25.3 Å². The van der Waals surface area contributed by atoms with Crippen molar-refractivity contribution >= 4 is 11.6 Å². The Morgan fingerprint density at radius 1 is 1.28 bits per heavy atom. The maximum absolute atomic E-state index is 14.0. The van der Waals surface area contributed by atoms with Gasteiger partial charge in [-0.1, -0.05) is 24.1 Å². The van der Waals surface area contributed by atoms with Gasteiger partial charge in [0.2, 0.25) is 0 Å².